The Labute approximate surface area is 57.7 Å². The van der Waals surface area contributed by atoms with Crippen molar-refractivity contribution in [2.24, 2.45) is 0 Å². The monoisotopic (exact) mass is 134 g/mol. The number of fused-ring (bicyclic) bond motifs is 1. The predicted octanol–water partition coefficient (Wildman–Crippen LogP) is 1.53. The largest absolute Gasteiger partial charge is 0.458 e. The number of aromatic nitrogens is 2. The number of aryl methyl sites for hydroxylation is 1. The first-order valence-electron chi connectivity index (χ1n) is 3.02. The Morgan fingerprint density at radius 2 is 2.40 bits per heavy atom. The first kappa shape index (κ1) is 5.41. The lowest BCUT2D eigenvalue weighted by molar-refractivity contribution is 0.577. The first-order chi connectivity index (χ1) is 4.86. The van der Waals surface area contributed by atoms with Gasteiger partial charge >= 0.3 is 0 Å². The van der Waals surface area contributed by atoms with E-state index in [0.717, 1.165) is 16.9 Å². The Bertz CT molecular complexity index is 320. The van der Waals surface area contributed by atoms with Crippen LogP contribution < -0.4 is 0 Å². The third-order valence-electron chi connectivity index (χ3n) is 1.32. The molecule has 10 heavy (non-hydrogen) atoms. The summed E-state index contributed by atoms with van der Waals surface area (Å²) in [6.45, 7) is 1.89. The molecule has 0 fully saturated rings. The van der Waals surface area contributed by atoms with Crippen molar-refractivity contribution in [2.45, 2.75) is 6.92 Å². The van der Waals surface area contributed by atoms with Gasteiger partial charge in [0.1, 0.15) is 17.6 Å². The van der Waals surface area contributed by atoms with E-state index in [1.807, 2.05) is 13.0 Å². The average Bonchev–Trinajstić information content (AvgIpc) is 2.27. The van der Waals surface area contributed by atoms with Crippen molar-refractivity contribution < 1.29 is 4.42 Å². The summed E-state index contributed by atoms with van der Waals surface area (Å²) in [7, 11) is 0. The Hall–Kier alpha value is -1.38. The molecule has 0 saturated heterocycles. The lowest BCUT2D eigenvalue weighted by atomic mass is 10.4. The highest BCUT2D eigenvalue weighted by Crippen LogP contribution is 2.13. The van der Waals surface area contributed by atoms with Crippen molar-refractivity contribution >= 4 is 11.1 Å². The van der Waals surface area contributed by atoms with Crippen LogP contribution >= 0.6 is 0 Å². The molecule has 2 heterocycles. The molecule has 2 aromatic heterocycles. The zero-order chi connectivity index (χ0) is 6.97. The molecule has 2 rings (SSSR count). The lowest BCUT2D eigenvalue weighted by Crippen LogP contribution is -1.72. The standard InChI is InChI=1S/C7H6N2O/c1-5-2-6-7(10-5)3-8-4-9-6/h2-4H,1H3. The SMILES string of the molecule is Cc1cc2ncncc2o1. The molecule has 0 aromatic carbocycles. The molecule has 0 aliphatic carbocycles. The summed E-state index contributed by atoms with van der Waals surface area (Å²) in [6.07, 6.45) is 3.17. The third-order valence-corrected chi connectivity index (χ3v) is 1.32. The molecule has 0 amide bonds. The summed E-state index contributed by atoms with van der Waals surface area (Å²) in [5, 5.41) is 0. The maximum atomic E-state index is 5.24. The highest BCUT2D eigenvalue weighted by Gasteiger charge is 1.97. The fourth-order valence-corrected chi connectivity index (χ4v) is 0.909. The Morgan fingerprint density at radius 1 is 1.50 bits per heavy atom. The van der Waals surface area contributed by atoms with Gasteiger partial charge in [-0.15, -0.1) is 0 Å². The van der Waals surface area contributed by atoms with Crippen LogP contribution in [0.5, 0.6) is 0 Å². The highest BCUT2D eigenvalue weighted by atomic mass is 16.3. The zero-order valence-corrected chi connectivity index (χ0v) is 5.53. The van der Waals surface area contributed by atoms with Gasteiger partial charge in [-0.3, -0.25) is 0 Å². The highest BCUT2D eigenvalue weighted by molar-refractivity contribution is 5.71. The topological polar surface area (TPSA) is 38.9 Å². The van der Waals surface area contributed by atoms with Gasteiger partial charge in [0, 0.05) is 6.07 Å². The number of hydrogen-bond donors (Lipinski definition) is 0. The molecule has 0 atom stereocenters. The van der Waals surface area contributed by atoms with E-state index in [0.29, 0.717) is 0 Å². The minimum atomic E-state index is 0.750. The summed E-state index contributed by atoms with van der Waals surface area (Å²) in [4.78, 5) is 7.82. The molecule has 2 aromatic rings. The van der Waals surface area contributed by atoms with E-state index in [-0.39, 0.29) is 0 Å². The maximum absolute atomic E-state index is 5.24. The summed E-state index contributed by atoms with van der Waals surface area (Å²) >= 11 is 0. The van der Waals surface area contributed by atoms with E-state index in [1.54, 1.807) is 6.20 Å². The van der Waals surface area contributed by atoms with Crippen molar-refractivity contribution in [2.75, 3.05) is 0 Å². The minimum Gasteiger partial charge on any atom is -0.458 e. The summed E-state index contributed by atoms with van der Waals surface area (Å²) in [5.41, 5.74) is 1.62. The van der Waals surface area contributed by atoms with Gasteiger partial charge in [0.25, 0.3) is 0 Å². The van der Waals surface area contributed by atoms with Gasteiger partial charge in [-0.25, -0.2) is 9.97 Å². The van der Waals surface area contributed by atoms with Crippen molar-refractivity contribution in [3.05, 3.63) is 24.4 Å². The second-order valence-electron chi connectivity index (χ2n) is 2.13. The molecule has 0 unspecified atom stereocenters. The third kappa shape index (κ3) is 0.673. The van der Waals surface area contributed by atoms with Gasteiger partial charge in [-0.2, -0.15) is 0 Å². The first-order valence-corrected chi connectivity index (χ1v) is 3.02. The number of nitrogens with zero attached hydrogens (tertiary/aromatic N) is 2. The molecule has 3 heteroatoms. The lowest BCUT2D eigenvalue weighted by Gasteiger charge is -1.80. The van der Waals surface area contributed by atoms with Crippen LogP contribution in [0.4, 0.5) is 0 Å². The number of rotatable bonds is 0. The van der Waals surface area contributed by atoms with E-state index in [4.69, 9.17) is 4.42 Å². The summed E-state index contributed by atoms with van der Waals surface area (Å²) in [5.74, 6) is 0.871. The van der Waals surface area contributed by atoms with Crippen LogP contribution in [-0.4, -0.2) is 9.97 Å². The second kappa shape index (κ2) is 1.80. The van der Waals surface area contributed by atoms with Crippen molar-refractivity contribution in [3.8, 4) is 0 Å². The second-order valence-corrected chi connectivity index (χ2v) is 2.13. The molecule has 0 bridgehead atoms. The molecular formula is C7H6N2O. The molecule has 0 spiro atoms. The van der Waals surface area contributed by atoms with E-state index in [2.05, 4.69) is 9.97 Å². The molecule has 0 radical (unpaired) electrons. The van der Waals surface area contributed by atoms with Crippen LogP contribution in [0.25, 0.3) is 11.1 Å². The van der Waals surface area contributed by atoms with E-state index >= 15 is 0 Å². The van der Waals surface area contributed by atoms with Gasteiger partial charge in [0.2, 0.25) is 0 Å². The van der Waals surface area contributed by atoms with Crippen molar-refractivity contribution in [1.82, 2.24) is 9.97 Å². The smallest absolute Gasteiger partial charge is 0.170 e. The van der Waals surface area contributed by atoms with Crippen molar-refractivity contribution in [3.63, 3.8) is 0 Å². The van der Waals surface area contributed by atoms with E-state index in [9.17, 15) is 0 Å². The zero-order valence-electron chi connectivity index (χ0n) is 5.53. The van der Waals surface area contributed by atoms with Crippen LogP contribution in [0.1, 0.15) is 5.76 Å². The van der Waals surface area contributed by atoms with Gasteiger partial charge in [-0.1, -0.05) is 0 Å². The molecule has 0 saturated carbocycles. The molecule has 3 nitrogen and oxygen atoms in total. The summed E-state index contributed by atoms with van der Waals surface area (Å²) < 4.78 is 5.24. The van der Waals surface area contributed by atoms with E-state index < -0.39 is 0 Å². The minimum absolute atomic E-state index is 0.750. The van der Waals surface area contributed by atoms with Crippen LogP contribution in [0.15, 0.2) is 23.0 Å². The predicted molar refractivity (Wildman–Crippen MR) is 36.5 cm³/mol. The molecule has 0 aliphatic rings. The van der Waals surface area contributed by atoms with Gasteiger partial charge in [0.05, 0.1) is 6.20 Å². The Morgan fingerprint density at radius 3 is 3.20 bits per heavy atom. The number of furan rings is 1. The fraction of sp³-hybridized carbons (Fsp3) is 0.143. The van der Waals surface area contributed by atoms with Crippen LogP contribution in [0.3, 0.4) is 0 Å². The van der Waals surface area contributed by atoms with E-state index in [1.165, 1.54) is 6.33 Å². The Balaban J connectivity index is 2.88. The van der Waals surface area contributed by atoms with Crippen LogP contribution in [0.2, 0.25) is 0 Å². The fourth-order valence-electron chi connectivity index (χ4n) is 0.909. The normalized spacial score (nSPS) is 10.5. The van der Waals surface area contributed by atoms with Gasteiger partial charge in [0.15, 0.2) is 5.58 Å². The van der Waals surface area contributed by atoms with Crippen molar-refractivity contribution in [1.29, 1.82) is 0 Å². The average molecular weight is 134 g/mol. The molecular weight excluding hydrogens is 128 g/mol. The van der Waals surface area contributed by atoms with Crippen LogP contribution in [0, 0.1) is 6.92 Å². The van der Waals surface area contributed by atoms with Gasteiger partial charge in [-0.05, 0) is 6.92 Å². The number of hydrogen-bond acceptors (Lipinski definition) is 3. The van der Waals surface area contributed by atoms with Crippen LogP contribution in [-0.2, 0) is 0 Å². The Kier molecular flexibility index (Phi) is 0.974. The molecule has 0 aliphatic heterocycles. The molecule has 50 valence electrons. The molecule has 0 N–H and O–H groups in total. The quantitative estimate of drug-likeness (QED) is 0.548. The summed E-state index contributed by atoms with van der Waals surface area (Å²) in [6, 6.07) is 1.89. The maximum Gasteiger partial charge on any atom is 0.170 e. The van der Waals surface area contributed by atoms with Gasteiger partial charge < -0.3 is 4.42 Å².